The van der Waals surface area contributed by atoms with Crippen molar-refractivity contribution in [3.63, 3.8) is 0 Å². The van der Waals surface area contributed by atoms with E-state index in [1.165, 1.54) is 43.5 Å². The van der Waals surface area contributed by atoms with Gasteiger partial charge in [0.25, 0.3) is 0 Å². The lowest BCUT2D eigenvalue weighted by Crippen LogP contribution is -2.30. The zero-order chi connectivity index (χ0) is 10.5. The molecule has 1 heterocycles. The Labute approximate surface area is 91.9 Å². The van der Waals surface area contributed by atoms with Gasteiger partial charge in [-0.25, -0.2) is 0 Å². The molecule has 1 aliphatic heterocycles. The molecule has 1 fully saturated rings. The fourth-order valence-electron chi connectivity index (χ4n) is 2.32. The smallest absolute Gasteiger partial charge is 0.0178 e. The van der Waals surface area contributed by atoms with E-state index in [2.05, 4.69) is 29.6 Å². The van der Waals surface area contributed by atoms with Gasteiger partial charge in [-0.05, 0) is 49.4 Å². The second kappa shape index (κ2) is 5.29. The van der Waals surface area contributed by atoms with Crippen LogP contribution in [0.5, 0.6) is 0 Å². The Hall–Kier alpha value is -0.860. The standard InChI is InChI=1S/C13H20N2/c14-9-12-4-1-3-11(7-12)8-13-5-2-6-15-10-13/h1,3-4,7,13,15H,2,5-6,8-10,14H2. The molecule has 1 saturated heterocycles. The highest BCUT2D eigenvalue weighted by Gasteiger charge is 2.13. The van der Waals surface area contributed by atoms with Crippen molar-refractivity contribution in [3.05, 3.63) is 35.4 Å². The first-order chi connectivity index (χ1) is 7.38. The lowest BCUT2D eigenvalue weighted by molar-refractivity contribution is 0.376. The monoisotopic (exact) mass is 204 g/mol. The summed E-state index contributed by atoms with van der Waals surface area (Å²) in [6, 6.07) is 8.68. The first-order valence-electron chi connectivity index (χ1n) is 5.87. The Bertz CT molecular complexity index is 303. The third kappa shape index (κ3) is 3.05. The van der Waals surface area contributed by atoms with Crippen LogP contribution < -0.4 is 11.1 Å². The van der Waals surface area contributed by atoms with Crippen LogP contribution in [0.15, 0.2) is 24.3 Å². The van der Waals surface area contributed by atoms with Crippen molar-refractivity contribution in [2.75, 3.05) is 13.1 Å². The minimum atomic E-state index is 0.650. The van der Waals surface area contributed by atoms with E-state index in [9.17, 15) is 0 Å². The van der Waals surface area contributed by atoms with E-state index in [1.54, 1.807) is 0 Å². The first-order valence-corrected chi connectivity index (χ1v) is 5.87. The second-order valence-electron chi connectivity index (χ2n) is 4.44. The summed E-state index contributed by atoms with van der Waals surface area (Å²) in [7, 11) is 0. The maximum atomic E-state index is 5.64. The molecule has 2 nitrogen and oxygen atoms in total. The Morgan fingerprint density at radius 1 is 1.33 bits per heavy atom. The average molecular weight is 204 g/mol. The lowest BCUT2D eigenvalue weighted by atomic mass is 9.92. The molecule has 1 aromatic rings. The summed E-state index contributed by atoms with van der Waals surface area (Å²) < 4.78 is 0. The highest BCUT2D eigenvalue weighted by Crippen LogP contribution is 2.17. The Morgan fingerprint density at radius 3 is 2.93 bits per heavy atom. The van der Waals surface area contributed by atoms with Gasteiger partial charge in [-0.3, -0.25) is 0 Å². The van der Waals surface area contributed by atoms with E-state index in [0.717, 1.165) is 5.92 Å². The molecule has 0 aliphatic carbocycles. The van der Waals surface area contributed by atoms with Gasteiger partial charge >= 0.3 is 0 Å². The molecule has 1 atom stereocenters. The molecule has 15 heavy (non-hydrogen) atoms. The van der Waals surface area contributed by atoms with E-state index in [4.69, 9.17) is 5.73 Å². The van der Waals surface area contributed by atoms with Crippen LogP contribution in [0.25, 0.3) is 0 Å². The van der Waals surface area contributed by atoms with E-state index in [-0.39, 0.29) is 0 Å². The molecule has 0 saturated carbocycles. The first kappa shape index (κ1) is 10.7. The summed E-state index contributed by atoms with van der Waals surface area (Å²) in [5.41, 5.74) is 8.32. The van der Waals surface area contributed by atoms with Crippen LogP contribution in [0.2, 0.25) is 0 Å². The summed E-state index contributed by atoms with van der Waals surface area (Å²) in [5, 5.41) is 3.46. The Kier molecular flexibility index (Phi) is 3.75. The number of rotatable bonds is 3. The Balaban J connectivity index is 1.96. The van der Waals surface area contributed by atoms with Crippen molar-refractivity contribution in [1.29, 1.82) is 0 Å². The summed E-state index contributed by atoms with van der Waals surface area (Å²) in [4.78, 5) is 0. The van der Waals surface area contributed by atoms with Gasteiger partial charge in [0.1, 0.15) is 0 Å². The lowest BCUT2D eigenvalue weighted by Gasteiger charge is -2.22. The zero-order valence-electron chi connectivity index (χ0n) is 9.21. The molecule has 0 spiro atoms. The minimum Gasteiger partial charge on any atom is -0.326 e. The van der Waals surface area contributed by atoms with Crippen LogP contribution in [0.3, 0.4) is 0 Å². The van der Waals surface area contributed by atoms with E-state index in [1.807, 2.05) is 0 Å². The molecule has 0 amide bonds. The molecule has 3 N–H and O–H groups in total. The van der Waals surface area contributed by atoms with Crippen LogP contribution in [-0.2, 0) is 13.0 Å². The van der Waals surface area contributed by atoms with Crippen molar-refractivity contribution >= 4 is 0 Å². The van der Waals surface area contributed by atoms with Gasteiger partial charge in [0.2, 0.25) is 0 Å². The summed E-state index contributed by atoms with van der Waals surface area (Å²) in [6.45, 7) is 3.02. The second-order valence-corrected chi connectivity index (χ2v) is 4.44. The molecule has 1 unspecified atom stereocenters. The molecule has 2 rings (SSSR count). The average Bonchev–Trinajstić information content (AvgIpc) is 2.31. The van der Waals surface area contributed by atoms with Gasteiger partial charge in [-0.1, -0.05) is 24.3 Å². The van der Waals surface area contributed by atoms with Crippen LogP contribution in [0, 0.1) is 5.92 Å². The normalized spacial score (nSPS) is 21.5. The molecule has 1 aromatic carbocycles. The van der Waals surface area contributed by atoms with Crippen LogP contribution in [0.4, 0.5) is 0 Å². The minimum absolute atomic E-state index is 0.650. The maximum absolute atomic E-state index is 5.64. The molecular weight excluding hydrogens is 184 g/mol. The van der Waals surface area contributed by atoms with Crippen LogP contribution in [0.1, 0.15) is 24.0 Å². The van der Waals surface area contributed by atoms with Gasteiger partial charge < -0.3 is 11.1 Å². The van der Waals surface area contributed by atoms with Gasteiger partial charge in [-0.2, -0.15) is 0 Å². The molecule has 2 heteroatoms. The third-order valence-corrected chi connectivity index (χ3v) is 3.15. The number of hydrogen-bond donors (Lipinski definition) is 2. The Morgan fingerprint density at radius 2 is 2.20 bits per heavy atom. The third-order valence-electron chi connectivity index (χ3n) is 3.15. The quantitative estimate of drug-likeness (QED) is 0.786. The molecule has 0 aromatic heterocycles. The number of nitrogens with two attached hydrogens (primary N) is 1. The van der Waals surface area contributed by atoms with Gasteiger partial charge in [0, 0.05) is 6.54 Å². The molecule has 0 bridgehead atoms. The topological polar surface area (TPSA) is 38.0 Å². The summed E-state index contributed by atoms with van der Waals surface area (Å²) in [6.07, 6.45) is 3.88. The fraction of sp³-hybridized carbons (Fsp3) is 0.538. The number of piperidine rings is 1. The zero-order valence-corrected chi connectivity index (χ0v) is 9.21. The van der Waals surface area contributed by atoms with E-state index < -0.39 is 0 Å². The number of nitrogens with one attached hydrogen (secondary N) is 1. The highest BCUT2D eigenvalue weighted by molar-refractivity contribution is 5.23. The largest absolute Gasteiger partial charge is 0.326 e. The fourth-order valence-corrected chi connectivity index (χ4v) is 2.32. The van der Waals surface area contributed by atoms with Crippen LogP contribution in [-0.4, -0.2) is 13.1 Å². The maximum Gasteiger partial charge on any atom is 0.0178 e. The predicted molar refractivity (Wildman–Crippen MR) is 63.6 cm³/mol. The van der Waals surface area contributed by atoms with Crippen molar-refractivity contribution in [2.24, 2.45) is 11.7 Å². The van der Waals surface area contributed by atoms with Gasteiger partial charge in [0.15, 0.2) is 0 Å². The van der Waals surface area contributed by atoms with Crippen molar-refractivity contribution < 1.29 is 0 Å². The highest BCUT2D eigenvalue weighted by atomic mass is 14.9. The van der Waals surface area contributed by atoms with Crippen molar-refractivity contribution in [1.82, 2.24) is 5.32 Å². The molecular formula is C13H20N2. The SMILES string of the molecule is NCc1cccc(CC2CCCNC2)c1. The van der Waals surface area contributed by atoms with Gasteiger partial charge in [-0.15, -0.1) is 0 Å². The summed E-state index contributed by atoms with van der Waals surface area (Å²) >= 11 is 0. The van der Waals surface area contributed by atoms with Crippen molar-refractivity contribution in [3.8, 4) is 0 Å². The van der Waals surface area contributed by atoms with Crippen LogP contribution >= 0.6 is 0 Å². The predicted octanol–water partition coefficient (Wildman–Crippen LogP) is 1.69. The summed E-state index contributed by atoms with van der Waals surface area (Å²) in [5.74, 6) is 0.812. The number of benzene rings is 1. The molecule has 82 valence electrons. The van der Waals surface area contributed by atoms with Gasteiger partial charge in [0.05, 0.1) is 0 Å². The van der Waals surface area contributed by atoms with Crippen molar-refractivity contribution in [2.45, 2.75) is 25.8 Å². The molecule has 0 radical (unpaired) electrons. The van der Waals surface area contributed by atoms with E-state index >= 15 is 0 Å². The van der Waals surface area contributed by atoms with E-state index in [0.29, 0.717) is 6.54 Å². The number of hydrogen-bond acceptors (Lipinski definition) is 2. The molecule has 1 aliphatic rings.